The third-order valence-electron chi connectivity index (χ3n) is 1.95. The van der Waals surface area contributed by atoms with Crippen LogP contribution in [0.2, 0.25) is 0 Å². The molecule has 82 valence electrons. The molecule has 0 saturated heterocycles. The molecular formula is C10H12FNO2S. The highest BCUT2D eigenvalue weighted by Crippen LogP contribution is 2.11. The van der Waals surface area contributed by atoms with Crippen LogP contribution in [0, 0.1) is 11.7 Å². The van der Waals surface area contributed by atoms with E-state index in [2.05, 4.69) is 0 Å². The van der Waals surface area contributed by atoms with Crippen molar-refractivity contribution in [2.75, 3.05) is 5.75 Å². The summed E-state index contributed by atoms with van der Waals surface area (Å²) in [4.78, 5) is 11.1. The molecule has 0 radical (unpaired) electrons. The predicted octanol–water partition coefficient (Wildman–Crippen LogP) is 1.05. The van der Waals surface area contributed by atoms with Crippen molar-refractivity contribution in [3.8, 4) is 0 Å². The van der Waals surface area contributed by atoms with Gasteiger partial charge in [0, 0.05) is 16.6 Å². The summed E-state index contributed by atoms with van der Waals surface area (Å²) < 4.78 is 24.4. The second-order valence-electron chi connectivity index (χ2n) is 3.27. The van der Waals surface area contributed by atoms with Crippen LogP contribution in [0.15, 0.2) is 29.2 Å². The minimum absolute atomic E-state index is 0.124. The molecular weight excluding hydrogens is 217 g/mol. The van der Waals surface area contributed by atoms with Crippen LogP contribution in [0.25, 0.3) is 0 Å². The fraction of sp³-hybridized carbons (Fsp3) is 0.300. The van der Waals surface area contributed by atoms with Crippen LogP contribution in [0.1, 0.15) is 6.92 Å². The molecule has 0 aliphatic carbocycles. The van der Waals surface area contributed by atoms with Gasteiger partial charge in [0.1, 0.15) is 5.82 Å². The van der Waals surface area contributed by atoms with Crippen molar-refractivity contribution in [2.24, 2.45) is 11.7 Å². The number of hydrogen-bond acceptors (Lipinski definition) is 2. The lowest BCUT2D eigenvalue weighted by Crippen LogP contribution is -2.25. The first-order valence-electron chi connectivity index (χ1n) is 4.44. The number of nitrogens with two attached hydrogens (primary N) is 1. The molecule has 2 atom stereocenters. The van der Waals surface area contributed by atoms with Crippen molar-refractivity contribution < 1.29 is 13.4 Å². The topological polar surface area (TPSA) is 60.2 Å². The number of halogens is 1. The maximum absolute atomic E-state index is 12.8. The van der Waals surface area contributed by atoms with Crippen LogP contribution >= 0.6 is 0 Å². The lowest BCUT2D eigenvalue weighted by atomic mass is 10.2. The van der Waals surface area contributed by atoms with E-state index in [1.807, 2.05) is 0 Å². The van der Waals surface area contributed by atoms with Crippen LogP contribution in [0.4, 0.5) is 4.39 Å². The Labute approximate surface area is 89.9 Å². The summed E-state index contributed by atoms with van der Waals surface area (Å²) in [5, 5.41) is 0. The fourth-order valence-electron chi connectivity index (χ4n) is 1.01. The lowest BCUT2D eigenvalue weighted by molar-refractivity contribution is -0.120. The zero-order valence-corrected chi connectivity index (χ0v) is 9.09. The number of carbonyl (C=O) groups is 1. The largest absolute Gasteiger partial charge is 0.369 e. The molecule has 0 aliphatic rings. The van der Waals surface area contributed by atoms with E-state index in [4.69, 9.17) is 5.73 Å². The molecule has 3 nitrogen and oxygen atoms in total. The summed E-state index contributed by atoms with van der Waals surface area (Å²) in [6.45, 7) is 1.60. The van der Waals surface area contributed by atoms with Gasteiger partial charge in [-0.2, -0.15) is 0 Å². The molecule has 1 amide bonds. The standard InChI is InChI=1S/C10H12FNO2S/c1-7(10(12)13)6-15(14)9-4-2-3-8(11)5-9/h2-5,7H,6H2,1H3,(H2,12,13). The number of amides is 1. The summed E-state index contributed by atoms with van der Waals surface area (Å²) >= 11 is 0. The van der Waals surface area contributed by atoms with Gasteiger partial charge in [-0.3, -0.25) is 9.00 Å². The molecule has 1 aromatic rings. The number of primary amides is 1. The molecule has 0 heterocycles. The van der Waals surface area contributed by atoms with Crippen LogP contribution in [0.3, 0.4) is 0 Å². The zero-order chi connectivity index (χ0) is 11.4. The van der Waals surface area contributed by atoms with Gasteiger partial charge in [-0.05, 0) is 18.2 Å². The van der Waals surface area contributed by atoms with Gasteiger partial charge < -0.3 is 5.73 Å². The normalized spacial score (nSPS) is 14.5. The van der Waals surface area contributed by atoms with Crippen molar-refractivity contribution in [2.45, 2.75) is 11.8 Å². The first kappa shape index (κ1) is 11.8. The Balaban J connectivity index is 2.73. The van der Waals surface area contributed by atoms with Gasteiger partial charge in [-0.1, -0.05) is 13.0 Å². The van der Waals surface area contributed by atoms with E-state index < -0.39 is 28.4 Å². The van der Waals surface area contributed by atoms with Crippen molar-refractivity contribution in [1.29, 1.82) is 0 Å². The fourth-order valence-corrected chi connectivity index (χ4v) is 2.30. The van der Waals surface area contributed by atoms with Crippen molar-refractivity contribution in [1.82, 2.24) is 0 Å². The van der Waals surface area contributed by atoms with Crippen LogP contribution in [-0.4, -0.2) is 15.9 Å². The highest BCUT2D eigenvalue weighted by atomic mass is 32.2. The Kier molecular flexibility index (Phi) is 3.96. The molecule has 2 unspecified atom stereocenters. The van der Waals surface area contributed by atoms with Gasteiger partial charge in [0.15, 0.2) is 0 Å². The van der Waals surface area contributed by atoms with Crippen LogP contribution in [-0.2, 0) is 15.6 Å². The molecule has 2 N–H and O–H groups in total. The van der Waals surface area contributed by atoms with Gasteiger partial charge in [-0.25, -0.2) is 4.39 Å². The van der Waals surface area contributed by atoms with Crippen molar-refractivity contribution in [3.05, 3.63) is 30.1 Å². The first-order chi connectivity index (χ1) is 7.00. The van der Waals surface area contributed by atoms with Gasteiger partial charge in [0.25, 0.3) is 0 Å². The molecule has 5 heteroatoms. The minimum atomic E-state index is -1.39. The molecule has 1 rings (SSSR count). The van der Waals surface area contributed by atoms with Gasteiger partial charge >= 0.3 is 0 Å². The van der Waals surface area contributed by atoms with Gasteiger partial charge in [-0.15, -0.1) is 0 Å². The summed E-state index contributed by atoms with van der Waals surface area (Å²) in [5.74, 6) is -1.29. The Morgan fingerprint density at radius 3 is 2.80 bits per heavy atom. The maximum atomic E-state index is 12.8. The second kappa shape index (κ2) is 5.02. The molecule has 0 spiro atoms. The number of hydrogen-bond donors (Lipinski definition) is 1. The molecule has 0 aliphatic heterocycles. The van der Waals surface area contributed by atoms with Crippen molar-refractivity contribution >= 4 is 16.7 Å². The zero-order valence-electron chi connectivity index (χ0n) is 8.27. The van der Waals surface area contributed by atoms with E-state index in [0.717, 1.165) is 0 Å². The molecule has 0 fully saturated rings. The molecule has 15 heavy (non-hydrogen) atoms. The Hall–Kier alpha value is -1.23. The van der Waals surface area contributed by atoms with Gasteiger partial charge in [0.2, 0.25) is 5.91 Å². The maximum Gasteiger partial charge on any atom is 0.221 e. The monoisotopic (exact) mass is 229 g/mol. The average Bonchev–Trinajstić information content (AvgIpc) is 2.17. The Morgan fingerprint density at radius 2 is 2.27 bits per heavy atom. The summed E-state index contributed by atoms with van der Waals surface area (Å²) in [6.07, 6.45) is 0. The summed E-state index contributed by atoms with van der Waals surface area (Å²) in [7, 11) is -1.39. The van der Waals surface area contributed by atoms with E-state index in [0.29, 0.717) is 4.90 Å². The molecule has 0 bridgehead atoms. The van der Waals surface area contributed by atoms with E-state index >= 15 is 0 Å². The lowest BCUT2D eigenvalue weighted by Gasteiger charge is -2.06. The van der Waals surface area contributed by atoms with E-state index in [9.17, 15) is 13.4 Å². The third-order valence-corrected chi connectivity index (χ3v) is 3.53. The Morgan fingerprint density at radius 1 is 1.60 bits per heavy atom. The number of carbonyl (C=O) groups excluding carboxylic acids is 1. The quantitative estimate of drug-likeness (QED) is 0.839. The Bertz CT molecular complexity index is 395. The molecule has 0 aromatic heterocycles. The highest BCUT2D eigenvalue weighted by molar-refractivity contribution is 7.85. The third kappa shape index (κ3) is 3.43. The molecule has 0 saturated carbocycles. The summed E-state index contributed by atoms with van der Waals surface area (Å²) in [6, 6.07) is 5.52. The SMILES string of the molecule is CC(CS(=O)c1cccc(F)c1)C(N)=O. The van der Waals surface area contributed by atoms with E-state index in [1.165, 1.54) is 18.2 Å². The van der Waals surface area contributed by atoms with Crippen LogP contribution in [0.5, 0.6) is 0 Å². The minimum Gasteiger partial charge on any atom is -0.369 e. The predicted molar refractivity (Wildman–Crippen MR) is 56.0 cm³/mol. The number of rotatable bonds is 4. The molecule has 1 aromatic carbocycles. The highest BCUT2D eigenvalue weighted by Gasteiger charge is 2.14. The smallest absolute Gasteiger partial charge is 0.221 e. The first-order valence-corrected chi connectivity index (χ1v) is 5.76. The second-order valence-corrected chi connectivity index (χ2v) is 4.77. The average molecular weight is 229 g/mol. The number of benzene rings is 1. The van der Waals surface area contributed by atoms with Crippen molar-refractivity contribution in [3.63, 3.8) is 0 Å². The van der Waals surface area contributed by atoms with E-state index in [1.54, 1.807) is 13.0 Å². The van der Waals surface area contributed by atoms with Crippen LogP contribution < -0.4 is 5.73 Å². The summed E-state index contributed by atoms with van der Waals surface area (Å²) in [5.41, 5.74) is 5.04. The van der Waals surface area contributed by atoms with E-state index in [-0.39, 0.29) is 5.75 Å². The van der Waals surface area contributed by atoms with Gasteiger partial charge in [0.05, 0.1) is 10.8 Å².